The second-order valence-corrected chi connectivity index (χ2v) is 5.29. The van der Waals surface area contributed by atoms with E-state index in [0.29, 0.717) is 22.0 Å². The average molecular weight is 325 g/mol. The molecule has 0 aliphatic rings. The minimum atomic E-state index is -0.301. The standard InChI is InChI=1S/C18H13ClN2O2/c19-14-4-3-11-20-17(14)12-7-9-13(10-8-12)18(23)21-15-5-1-2-6-16(15)22/h1-11,22H,(H,21,23). The van der Waals surface area contributed by atoms with E-state index in [1.807, 2.05) is 0 Å². The second-order valence-electron chi connectivity index (χ2n) is 4.88. The van der Waals surface area contributed by atoms with Gasteiger partial charge in [-0.15, -0.1) is 0 Å². The van der Waals surface area contributed by atoms with Gasteiger partial charge in [0.1, 0.15) is 5.75 Å². The Labute approximate surface area is 138 Å². The third-order valence-corrected chi connectivity index (χ3v) is 3.64. The normalized spacial score (nSPS) is 10.3. The number of carbonyl (C=O) groups excluding carboxylic acids is 1. The maximum Gasteiger partial charge on any atom is 0.255 e. The van der Waals surface area contributed by atoms with E-state index < -0.39 is 0 Å². The number of hydrogen-bond acceptors (Lipinski definition) is 3. The van der Waals surface area contributed by atoms with Crippen LogP contribution in [0.3, 0.4) is 0 Å². The zero-order valence-corrected chi connectivity index (χ0v) is 12.8. The molecule has 0 aliphatic heterocycles. The molecular weight excluding hydrogens is 312 g/mol. The Balaban J connectivity index is 1.81. The maximum absolute atomic E-state index is 12.2. The van der Waals surface area contributed by atoms with E-state index in [1.54, 1.807) is 60.8 Å². The molecule has 0 aliphatic carbocycles. The molecule has 23 heavy (non-hydrogen) atoms. The minimum absolute atomic E-state index is 0.0257. The number of anilines is 1. The molecule has 0 unspecified atom stereocenters. The first-order chi connectivity index (χ1) is 11.1. The Morgan fingerprint density at radius 3 is 2.43 bits per heavy atom. The average Bonchev–Trinajstić information content (AvgIpc) is 2.57. The molecule has 2 N–H and O–H groups in total. The molecular formula is C18H13ClN2O2. The Bertz CT molecular complexity index is 848. The van der Waals surface area contributed by atoms with Crippen LogP contribution < -0.4 is 5.32 Å². The number of hydrogen-bond donors (Lipinski definition) is 2. The SMILES string of the molecule is O=C(Nc1ccccc1O)c1ccc(-c2ncccc2Cl)cc1. The van der Waals surface area contributed by atoms with E-state index in [2.05, 4.69) is 10.3 Å². The summed E-state index contributed by atoms with van der Waals surface area (Å²) in [6, 6.07) is 17.1. The summed E-state index contributed by atoms with van der Waals surface area (Å²) in [5, 5.41) is 12.9. The van der Waals surface area contributed by atoms with E-state index in [-0.39, 0.29) is 11.7 Å². The Hall–Kier alpha value is -2.85. The number of phenolic OH excluding ortho intramolecular Hbond substituents is 1. The predicted octanol–water partition coefficient (Wildman–Crippen LogP) is 4.36. The Kier molecular flexibility index (Phi) is 4.26. The fraction of sp³-hybridized carbons (Fsp3) is 0. The quantitative estimate of drug-likeness (QED) is 0.704. The monoisotopic (exact) mass is 324 g/mol. The van der Waals surface area contributed by atoms with Gasteiger partial charge < -0.3 is 10.4 Å². The molecule has 114 valence electrons. The molecule has 1 aromatic heterocycles. The summed E-state index contributed by atoms with van der Waals surface area (Å²) in [6.45, 7) is 0. The van der Waals surface area contributed by atoms with Gasteiger partial charge in [-0.05, 0) is 36.4 Å². The van der Waals surface area contributed by atoms with Gasteiger partial charge in [0.2, 0.25) is 0 Å². The van der Waals surface area contributed by atoms with E-state index in [9.17, 15) is 9.90 Å². The highest BCUT2D eigenvalue weighted by Crippen LogP contribution is 2.26. The van der Waals surface area contributed by atoms with Crippen LogP contribution in [0.25, 0.3) is 11.3 Å². The van der Waals surface area contributed by atoms with Gasteiger partial charge in [-0.25, -0.2) is 0 Å². The highest BCUT2D eigenvalue weighted by atomic mass is 35.5. The van der Waals surface area contributed by atoms with E-state index in [4.69, 9.17) is 11.6 Å². The molecule has 3 rings (SSSR count). The van der Waals surface area contributed by atoms with Crippen LogP contribution in [0.15, 0.2) is 66.9 Å². The largest absolute Gasteiger partial charge is 0.506 e. The van der Waals surface area contributed by atoms with E-state index in [0.717, 1.165) is 5.56 Å². The van der Waals surface area contributed by atoms with Gasteiger partial charge in [0.15, 0.2) is 0 Å². The molecule has 0 saturated heterocycles. The van der Waals surface area contributed by atoms with Crippen molar-refractivity contribution in [3.8, 4) is 17.0 Å². The van der Waals surface area contributed by atoms with Crippen LogP contribution in [0.5, 0.6) is 5.75 Å². The first-order valence-corrected chi connectivity index (χ1v) is 7.33. The number of phenols is 1. The minimum Gasteiger partial charge on any atom is -0.506 e. The number of carbonyl (C=O) groups is 1. The number of amides is 1. The lowest BCUT2D eigenvalue weighted by Gasteiger charge is -2.08. The molecule has 0 fully saturated rings. The number of para-hydroxylation sites is 2. The van der Waals surface area contributed by atoms with Crippen LogP contribution in [0, 0.1) is 0 Å². The number of aromatic nitrogens is 1. The first-order valence-electron chi connectivity index (χ1n) is 6.95. The number of nitrogens with one attached hydrogen (secondary N) is 1. The van der Waals surface area contributed by atoms with Crippen LogP contribution >= 0.6 is 11.6 Å². The first kappa shape index (κ1) is 15.1. The van der Waals surface area contributed by atoms with Gasteiger partial charge in [-0.3, -0.25) is 9.78 Å². The van der Waals surface area contributed by atoms with E-state index in [1.165, 1.54) is 6.07 Å². The van der Waals surface area contributed by atoms with Gasteiger partial charge in [0, 0.05) is 17.3 Å². The molecule has 0 bridgehead atoms. The lowest BCUT2D eigenvalue weighted by Crippen LogP contribution is -2.11. The molecule has 3 aromatic rings. The molecule has 4 nitrogen and oxygen atoms in total. The van der Waals surface area contributed by atoms with Gasteiger partial charge >= 0.3 is 0 Å². The zero-order valence-electron chi connectivity index (χ0n) is 12.0. The summed E-state index contributed by atoms with van der Waals surface area (Å²) in [5.41, 5.74) is 2.34. The van der Waals surface area contributed by atoms with Crippen LogP contribution in [-0.2, 0) is 0 Å². The number of aromatic hydroxyl groups is 1. The highest BCUT2D eigenvalue weighted by Gasteiger charge is 2.10. The van der Waals surface area contributed by atoms with Crippen LogP contribution in [-0.4, -0.2) is 16.0 Å². The van der Waals surface area contributed by atoms with Crippen LogP contribution in [0.2, 0.25) is 5.02 Å². The van der Waals surface area contributed by atoms with E-state index >= 15 is 0 Å². The van der Waals surface area contributed by atoms with Crippen molar-refractivity contribution in [2.45, 2.75) is 0 Å². The highest BCUT2D eigenvalue weighted by molar-refractivity contribution is 6.33. The van der Waals surface area contributed by atoms with Gasteiger partial charge in [-0.2, -0.15) is 0 Å². The van der Waals surface area contributed by atoms with Crippen molar-refractivity contribution in [2.75, 3.05) is 5.32 Å². The van der Waals surface area contributed by atoms with Gasteiger partial charge in [0.25, 0.3) is 5.91 Å². The summed E-state index contributed by atoms with van der Waals surface area (Å²) in [6.07, 6.45) is 1.67. The van der Waals surface area contributed by atoms with Crippen LogP contribution in [0.1, 0.15) is 10.4 Å². The molecule has 0 spiro atoms. The fourth-order valence-corrected chi connectivity index (χ4v) is 2.38. The van der Waals surface area contributed by atoms with Crippen molar-refractivity contribution in [1.29, 1.82) is 0 Å². The summed E-state index contributed by atoms with van der Waals surface area (Å²) in [5.74, 6) is -0.275. The topological polar surface area (TPSA) is 62.2 Å². The van der Waals surface area contributed by atoms with Crippen LogP contribution in [0.4, 0.5) is 5.69 Å². The third-order valence-electron chi connectivity index (χ3n) is 3.33. The predicted molar refractivity (Wildman–Crippen MR) is 90.7 cm³/mol. The fourth-order valence-electron chi connectivity index (χ4n) is 2.15. The lowest BCUT2D eigenvalue weighted by atomic mass is 10.1. The molecule has 2 aromatic carbocycles. The molecule has 0 atom stereocenters. The number of pyridine rings is 1. The smallest absolute Gasteiger partial charge is 0.255 e. The maximum atomic E-state index is 12.2. The molecule has 0 radical (unpaired) electrons. The van der Waals surface area contributed by atoms with Gasteiger partial charge in [0.05, 0.1) is 16.4 Å². The number of nitrogens with zero attached hydrogens (tertiary/aromatic N) is 1. The Morgan fingerprint density at radius 2 is 1.74 bits per heavy atom. The van der Waals surface area contributed by atoms with Crippen molar-refractivity contribution in [3.05, 3.63) is 77.4 Å². The number of benzene rings is 2. The number of rotatable bonds is 3. The van der Waals surface area contributed by atoms with Crippen molar-refractivity contribution >= 4 is 23.2 Å². The molecule has 0 saturated carbocycles. The summed E-state index contributed by atoms with van der Waals surface area (Å²) in [7, 11) is 0. The Morgan fingerprint density at radius 1 is 1.00 bits per heavy atom. The summed E-state index contributed by atoms with van der Waals surface area (Å²) >= 11 is 6.12. The summed E-state index contributed by atoms with van der Waals surface area (Å²) < 4.78 is 0. The van der Waals surface area contributed by atoms with Crippen molar-refractivity contribution < 1.29 is 9.90 Å². The molecule has 1 amide bonds. The lowest BCUT2D eigenvalue weighted by molar-refractivity contribution is 0.102. The van der Waals surface area contributed by atoms with Crippen molar-refractivity contribution in [3.63, 3.8) is 0 Å². The van der Waals surface area contributed by atoms with Crippen molar-refractivity contribution in [2.24, 2.45) is 0 Å². The molecule has 1 heterocycles. The second kappa shape index (κ2) is 6.50. The number of halogens is 1. The molecule has 5 heteroatoms. The summed E-state index contributed by atoms with van der Waals surface area (Å²) in [4.78, 5) is 16.5. The van der Waals surface area contributed by atoms with Crippen molar-refractivity contribution in [1.82, 2.24) is 4.98 Å². The van der Waals surface area contributed by atoms with Gasteiger partial charge in [-0.1, -0.05) is 35.9 Å². The third kappa shape index (κ3) is 3.33. The zero-order chi connectivity index (χ0) is 16.2.